The van der Waals surface area contributed by atoms with Crippen molar-refractivity contribution in [3.63, 3.8) is 0 Å². The van der Waals surface area contributed by atoms with E-state index >= 15 is 0 Å². The first-order valence-corrected chi connectivity index (χ1v) is 6.74. The van der Waals surface area contributed by atoms with Gasteiger partial charge in [-0.1, -0.05) is 17.7 Å². The number of hydrogen-bond acceptors (Lipinski definition) is 3. The Bertz CT molecular complexity index is 722. The minimum atomic E-state index is -0.548. The number of carbonyl (C=O) groups is 2. The summed E-state index contributed by atoms with van der Waals surface area (Å²) in [6, 6.07) is 9.99. The Morgan fingerprint density at radius 1 is 1.09 bits per heavy atom. The molecule has 0 saturated carbocycles. The van der Waals surface area contributed by atoms with E-state index < -0.39 is 17.6 Å². The lowest BCUT2D eigenvalue weighted by Crippen LogP contribution is -2.23. The SMILES string of the molecule is NCC(=O)Nc1cc(F)ccc1NC(=O)c1cccc(Cl)c1. The van der Waals surface area contributed by atoms with E-state index in [1.54, 1.807) is 18.2 Å². The van der Waals surface area contributed by atoms with Crippen LogP contribution in [0.15, 0.2) is 42.5 Å². The molecule has 114 valence electrons. The summed E-state index contributed by atoms with van der Waals surface area (Å²) in [4.78, 5) is 23.5. The third-order valence-electron chi connectivity index (χ3n) is 2.78. The molecule has 0 radical (unpaired) electrons. The molecule has 0 unspecified atom stereocenters. The monoisotopic (exact) mass is 321 g/mol. The van der Waals surface area contributed by atoms with Crippen LogP contribution in [0.25, 0.3) is 0 Å². The minimum absolute atomic E-state index is 0.130. The van der Waals surface area contributed by atoms with Crippen molar-refractivity contribution in [2.75, 3.05) is 17.2 Å². The zero-order chi connectivity index (χ0) is 16.1. The van der Waals surface area contributed by atoms with Crippen LogP contribution in [0.4, 0.5) is 15.8 Å². The molecular weight excluding hydrogens is 309 g/mol. The molecule has 0 spiro atoms. The van der Waals surface area contributed by atoms with Crippen LogP contribution in [0.2, 0.25) is 5.02 Å². The Balaban J connectivity index is 2.25. The summed E-state index contributed by atoms with van der Waals surface area (Å²) in [7, 11) is 0. The van der Waals surface area contributed by atoms with Crippen molar-refractivity contribution in [3.05, 3.63) is 58.9 Å². The van der Waals surface area contributed by atoms with Crippen molar-refractivity contribution in [1.29, 1.82) is 0 Å². The normalized spacial score (nSPS) is 10.1. The standard InChI is InChI=1S/C15H13ClFN3O2/c16-10-3-1-2-9(6-10)15(22)20-12-5-4-11(17)7-13(12)19-14(21)8-18/h1-7H,8,18H2,(H,19,21)(H,20,22). The molecule has 0 aromatic heterocycles. The second kappa shape index (κ2) is 7.02. The largest absolute Gasteiger partial charge is 0.323 e. The molecule has 0 aliphatic rings. The second-order valence-corrected chi connectivity index (χ2v) is 4.84. The third-order valence-corrected chi connectivity index (χ3v) is 3.01. The van der Waals surface area contributed by atoms with Gasteiger partial charge >= 0.3 is 0 Å². The Morgan fingerprint density at radius 2 is 1.86 bits per heavy atom. The van der Waals surface area contributed by atoms with E-state index in [9.17, 15) is 14.0 Å². The molecule has 0 saturated heterocycles. The smallest absolute Gasteiger partial charge is 0.255 e. The summed E-state index contributed by atoms with van der Waals surface area (Å²) >= 11 is 5.83. The van der Waals surface area contributed by atoms with E-state index in [2.05, 4.69) is 10.6 Å². The van der Waals surface area contributed by atoms with Crippen LogP contribution in [-0.2, 0) is 4.79 Å². The molecule has 0 heterocycles. The molecule has 7 heteroatoms. The van der Waals surface area contributed by atoms with Crippen LogP contribution in [0.5, 0.6) is 0 Å². The molecule has 5 nitrogen and oxygen atoms in total. The maximum atomic E-state index is 13.3. The maximum Gasteiger partial charge on any atom is 0.255 e. The van der Waals surface area contributed by atoms with Crippen molar-refractivity contribution in [2.45, 2.75) is 0 Å². The van der Waals surface area contributed by atoms with E-state index in [0.29, 0.717) is 10.6 Å². The van der Waals surface area contributed by atoms with Crippen molar-refractivity contribution in [2.24, 2.45) is 5.73 Å². The van der Waals surface area contributed by atoms with Crippen molar-refractivity contribution < 1.29 is 14.0 Å². The fourth-order valence-electron chi connectivity index (χ4n) is 1.75. The van der Waals surface area contributed by atoms with Gasteiger partial charge in [0.1, 0.15) is 5.82 Å². The molecule has 22 heavy (non-hydrogen) atoms. The van der Waals surface area contributed by atoms with Crippen LogP contribution in [0.1, 0.15) is 10.4 Å². The Hall–Kier alpha value is -2.44. The third kappa shape index (κ3) is 4.03. The highest BCUT2D eigenvalue weighted by Gasteiger charge is 2.12. The second-order valence-electron chi connectivity index (χ2n) is 4.41. The summed E-state index contributed by atoms with van der Waals surface area (Å²) < 4.78 is 13.3. The zero-order valence-electron chi connectivity index (χ0n) is 11.4. The number of halogens is 2. The van der Waals surface area contributed by atoms with Gasteiger partial charge in [-0.05, 0) is 36.4 Å². The number of nitrogens with two attached hydrogens (primary N) is 1. The van der Waals surface area contributed by atoms with E-state index in [1.807, 2.05) is 0 Å². The highest BCUT2D eigenvalue weighted by molar-refractivity contribution is 6.31. The van der Waals surface area contributed by atoms with Crippen LogP contribution >= 0.6 is 11.6 Å². The number of benzene rings is 2. The van der Waals surface area contributed by atoms with Gasteiger partial charge in [-0.3, -0.25) is 9.59 Å². The van der Waals surface area contributed by atoms with Gasteiger partial charge in [-0.15, -0.1) is 0 Å². The lowest BCUT2D eigenvalue weighted by atomic mass is 10.2. The highest BCUT2D eigenvalue weighted by Crippen LogP contribution is 2.23. The van der Waals surface area contributed by atoms with Gasteiger partial charge in [0.15, 0.2) is 0 Å². The van der Waals surface area contributed by atoms with Crippen LogP contribution in [-0.4, -0.2) is 18.4 Å². The zero-order valence-corrected chi connectivity index (χ0v) is 12.2. The van der Waals surface area contributed by atoms with Gasteiger partial charge in [0.25, 0.3) is 5.91 Å². The number of anilines is 2. The summed E-state index contributed by atoms with van der Waals surface area (Å²) in [5.74, 6) is -1.48. The van der Waals surface area contributed by atoms with Gasteiger partial charge in [0.2, 0.25) is 5.91 Å². The summed E-state index contributed by atoms with van der Waals surface area (Å²) in [6.07, 6.45) is 0. The molecule has 2 aromatic rings. The lowest BCUT2D eigenvalue weighted by Gasteiger charge is -2.12. The first-order chi connectivity index (χ1) is 10.5. The summed E-state index contributed by atoms with van der Waals surface area (Å²) in [6.45, 7) is -0.252. The number of hydrogen-bond donors (Lipinski definition) is 3. The molecule has 0 aliphatic carbocycles. The number of carbonyl (C=O) groups excluding carboxylic acids is 2. The summed E-state index contributed by atoms with van der Waals surface area (Å²) in [5.41, 5.74) is 5.94. The van der Waals surface area contributed by atoms with E-state index in [0.717, 1.165) is 6.07 Å². The molecule has 4 N–H and O–H groups in total. The fraction of sp³-hybridized carbons (Fsp3) is 0.0667. The predicted molar refractivity (Wildman–Crippen MR) is 83.5 cm³/mol. The van der Waals surface area contributed by atoms with Gasteiger partial charge in [-0.25, -0.2) is 4.39 Å². The van der Waals surface area contributed by atoms with Crippen LogP contribution < -0.4 is 16.4 Å². The van der Waals surface area contributed by atoms with Gasteiger partial charge < -0.3 is 16.4 Å². The number of amides is 2. The molecule has 0 fully saturated rings. The van der Waals surface area contributed by atoms with E-state index in [4.69, 9.17) is 17.3 Å². The molecule has 0 atom stereocenters. The van der Waals surface area contributed by atoms with E-state index in [1.165, 1.54) is 18.2 Å². The van der Waals surface area contributed by atoms with E-state index in [-0.39, 0.29) is 17.9 Å². The van der Waals surface area contributed by atoms with Crippen molar-refractivity contribution >= 4 is 34.8 Å². The van der Waals surface area contributed by atoms with Crippen molar-refractivity contribution in [3.8, 4) is 0 Å². The first kappa shape index (κ1) is 15.9. The van der Waals surface area contributed by atoms with Crippen LogP contribution in [0, 0.1) is 5.82 Å². The quantitative estimate of drug-likeness (QED) is 0.809. The molecule has 2 aromatic carbocycles. The Kier molecular flexibility index (Phi) is 5.08. The van der Waals surface area contributed by atoms with Gasteiger partial charge in [0, 0.05) is 10.6 Å². The number of rotatable bonds is 4. The van der Waals surface area contributed by atoms with Crippen LogP contribution in [0.3, 0.4) is 0 Å². The topological polar surface area (TPSA) is 84.2 Å². The molecule has 0 bridgehead atoms. The Morgan fingerprint density at radius 3 is 2.55 bits per heavy atom. The number of nitrogens with one attached hydrogen (secondary N) is 2. The van der Waals surface area contributed by atoms with Gasteiger partial charge in [-0.2, -0.15) is 0 Å². The average molecular weight is 322 g/mol. The summed E-state index contributed by atoms with van der Waals surface area (Å²) in [5, 5.41) is 5.44. The first-order valence-electron chi connectivity index (χ1n) is 6.36. The lowest BCUT2D eigenvalue weighted by molar-refractivity contribution is -0.114. The molecule has 0 aliphatic heterocycles. The van der Waals surface area contributed by atoms with Crippen molar-refractivity contribution in [1.82, 2.24) is 0 Å². The predicted octanol–water partition coefficient (Wildman–Crippen LogP) is 2.63. The molecule has 2 amide bonds. The van der Waals surface area contributed by atoms with Gasteiger partial charge in [0.05, 0.1) is 17.9 Å². The molecular formula is C15H13ClFN3O2. The Labute approximate surface area is 131 Å². The average Bonchev–Trinajstić information content (AvgIpc) is 2.49. The fourth-order valence-corrected chi connectivity index (χ4v) is 1.94. The maximum absolute atomic E-state index is 13.3. The highest BCUT2D eigenvalue weighted by atomic mass is 35.5. The molecule has 2 rings (SSSR count). The minimum Gasteiger partial charge on any atom is -0.323 e.